The summed E-state index contributed by atoms with van der Waals surface area (Å²) in [7, 11) is 0. The van der Waals surface area contributed by atoms with E-state index in [1.807, 2.05) is 0 Å². The highest BCUT2D eigenvalue weighted by Gasteiger charge is 2.36. The van der Waals surface area contributed by atoms with Crippen LogP contribution in [0.3, 0.4) is 0 Å². The number of benzene rings is 2. The van der Waals surface area contributed by atoms with Gasteiger partial charge in [-0.1, -0.05) is 17.7 Å². The van der Waals surface area contributed by atoms with Crippen LogP contribution < -0.4 is 0 Å². The number of allylic oxidation sites excluding steroid dienone is 1. The SMILES string of the molecule is O=C(C=Cc1cc(C(F)(F)F)cc(C(F)(F)F)c1)c1ccc(Cl)cc1. The number of ketones is 1. The Morgan fingerprint density at radius 2 is 1.32 bits per heavy atom. The van der Waals surface area contributed by atoms with Crippen molar-refractivity contribution in [2.24, 2.45) is 0 Å². The number of halogens is 7. The maximum Gasteiger partial charge on any atom is 0.416 e. The summed E-state index contributed by atoms with van der Waals surface area (Å²) >= 11 is 5.67. The topological polar surface area (TPSA) is 17.1 Å². The van der Waals surface area contributed by atoms with E-state index in [9.17, 15) is 31.1 Å². The van der Waals surface area contributed by atoms with E-state index in [0.717, 1.165) is 12.2 Å². The third-order valence-electron chi connectivity index (χ3n) is 3.17. The van der Waals surface area contributed by atoms with Crippen LogP contribution in [0.25, 0.3) is 6.08 Å². The highest BCUT2D eigenvalue weighted by Crippen LogP contribution is 2.36. The molecule has 0 amide bonds. The lowest BCUT2D eigenvalue weighted by atomic mass is 10.0. The molecule has 0 saturated carbocycles. The van der Waals surface area contributed by atoms with Crippen molar-refractivity contribution in [2.45, 2.75) is 12.4 Å². The van der Waals surface area contributed by atoms with Gasteiger partial charge in [-0.2, -0.15) is 26.3 Å². The number of carbonyl (C=O) groups is 1. The Labute approximate surface area is 143 Å². The molecular weight excluding hydrogens is 370 g/mol. The molecule has 0 unspecified atom stereocenters. The van der Waals surface area contributed by atoms with Gasteiger partial charge in [0.2, 0.25) is 0 Å². The van der Waals surface area contributed by atoms with E-state index in [4.69, 9.17) is 11.6 Å². The van der Waals surface area contributed by atoms with E-state index in [-0.39, 0.29) is 17.2 Å². The first-order valence-electron chi connectivity index (χ1n) is 6.74. The molecule has 25 heavy (non-hydrogen) atoms. The molecular formula is C17H9ClF6O. The van der Waals surface area contributed by atoms with Gasteiger partial charge in [-0.3, -0.25) is 4.79 Å². The van der Waals surface area contributed by atoms with Gasteiger partial charge < -0.3 is 0 Å². The van der Waals surface area contributed by atoms with E-state index in [1.165, 1.54) is 24.3 Å². The molecule has 2 aromatic rings. The van der Waals surface area contributed by atoms with Gasteiger partial charge >= 0.3 is 12.4 Å². The monoisotopic (exact) mass is 378 g/mol. The highest BCUT2D eigenvalue weighted by atomic mass is 35.5. The van der Waals surface area contributed by atoms with E-state index in [1.54, 1.807) is 0 Å². The van der Waals surface area contributed by atoms with Crippen molar-refractivity contribution < 1.29 is 31.1 Å². The third-order valence-corrected chi connectivity index (χ3v) is 3.42. The van der Waals surface area contributed by atoms with Crippen molar-refractivity contribution in [1.82, 2.24) is 0 Å². The van der Waals surface area contributed by atoms with Crippen LogP contribution in [0.2, 0.25) is 5.02 Å². The predicted octanol–water partition coefficient (Wildman–Crippen LogP) is 6.27. The molecule has 0 atom stereocenters. The molecule has 0 radical (unpaired) electrons. The van der Waals surface area contributed by atoms with Crippen LogP contribution in [-0.4, -0.2) is 5.78 Å². The molecule has 0 spiro atoms. The van der Waals surface area contributed by atoms with Crippen molar-refractivity contribution in [1.29, 1.82) is 0 Å². The van der Waals surface area contributed by atoms with Crippen LogP contribution >= 0.6 is 11.6 Å². The van der Waals surface area contributed by atoms with Crippen LogP contribution in [0, 0.1) is 0 Å². The molecule has 0 aromatic heterocycles. The minimum absolute atomic E-state index is 0.0261. The summed E-state index contributed by atoms with van der Waals surface area (Å²) in [5.41, 5.74) is -3.07. The van der Waals surface area contributed by atoms with E-state index in [0.29, 0.717) is 17.2 Å². The van der Waals surface area contributed by atoms with Gasteiger partial charge in [0.05, 0.1) is 11.1 Å². The summed E-state index contributed by atoms with van der Waals surface area (Å²) in [4.78, 5) is 11.9. The standard InChI is InChI=1S/C17H9ClF6O/c18-14-4-2-11(3-5-14)15(25)6-1-10-7-12(16(19,20)21)9-13(8-10)17(22,23)24/h1-9H. The molecule has 0 aliphatic carbocycles. The number of hydrogen-bond donors (Lipinski definition) is 0. The van der Waals surface area contributed by atoms with E-state index in [2.05, 4.69) is 0 Å². The molecule has 0 N–H and O–H groups in total. The first kappa shape index (κ1) is 19.1. The van der Waals surface area contributed by atoms with Gasteiger partial charge in [0, 0.05) is 10.6 Å². The average Bonchev–Trinajstić information content (AvgIpc) is 2.51. The fourth-order valence-electron chi connectivity index (χ4n) is 1.96. The fourth-order valence-corrected chi connectivity index (χ4v) is 2.08. The molecule has 2 rings (SSSR count). The second-order valence-corrected chi connectivity index (χ2v) is 5.48. The highest BCUT2D eigenvalue weighted by molar-refractivity contribution is 6.30. The van der Waals surface area contributed by atoms with Crippen LogP contribution in [-0.2, 0) is 12.4 Å². The summed E-state index contributed by atoms with van der Waals surface area (Å²) in [5, 5.41) is 0.383. The normalized spacial score (nSPS) is 12.6. The molecule has 0 fully saturated rings. The van der Waals surface area contributed by atoms with Crippen LogP contribution in [0.15, 0.2) is 48.5 Å². The zero-order chi connectivity index (χ0) is 18.8. The predicted molar refractivity (Wildman–Crippen MR) is 81.3 cm³/mol. The number of carbonyl (C=O) groups excluding carboxylic acids is 1. The van der Waals surface area contributed by atoms with Gasteiger partial charge in [0.15, 0.2) is 5.78 Å². The zero-order valence-corrected chi connectivity index (χ0v) is 13.0. The Hall–Kier alpha value is -2.28. The summed E-state index contributed by atoms with van der Waals surface area (Å²) in [6, 6.07) is 6.77. The van der Waals surface area contributed by atoms with Crippen molar-refractivity contribution in [3.63, 3.8) is 0 Å². The molecule has 0 heterocycles. The molecule has 0 bridgehead atoms. The van der Waals surface area contributed by atoms with Gasteiger partial charge in [0.25, 0.3) is 0 Å². The van der Waals surface area contributed by atoms with Crippen molar-refractivity contribution >= 4 is 23.5 Å². The second kappa shape index (κ2) is 6.92. The van der Waals surface area contributed by atoms with E-state index >= 15 is 0 Å². The number of rotatable bonds is 3. The van der Waals surface area contributed by atoms with Gasteiger partial charge in [-0.05, 0) is 54.1 Å². The second-order valence-electron chi connectivity index (χ2n) is 5.04. The maximum absolute atomic E-state index is 12.8. The lowest BCUT2D eigenvalue weighted by Gasteiger charge is -2.12. The first-order chi connectivity index (χ1) is 11.5. The first-order valence-corrected chi connectivity index (χ1v) is 7.12. The molecule has 132 valence electrons. The fraction of sp³-hybridized carbons (Fsp3) is 0.118. The van der Waals surface area contributed by atoms with Gasteiger partial charge in [-0.15, -0.1) is 0 Å². The third kappa shape index (κ3) is 5.09. The molecule has 1 nitrogen and oxygen atoms in total. The summed E-state index contributed by atoms with van der Waals surface area (Å²) in [5.74, 6) is -0.581. The van der Waals surface area contributed by atoms with Crippen molar-refractivity contribution in [3.8, 4) is 0 Å². The number of hydrogen-bond acceptors (Lipinski definition) is 1. The van der Waals surface area contributed by atoms with Gasteiger partial charge in [0.1, 0.15) is 0 Å². The van der Waals surface area contributed by atoms with E-state index < -0.39 is 29.3 Å². The summed E-state index contributed by atoms with van der Waals surface area (Å²) in [6.45, 7) is 0. The summed E-state index contributed by atoms with van der Waals surface area (Å²) < 4.78 is 76.6. The minimum atomic E-state index is -4.94. The zero-order valence-electron chi connectivity index (χ0n) is 12.3. The minimum Gasteiger partial charge on any atom is -0.289 e. The van der Waals surface area contributed by atoms with Crippen LogP contribution in [0.1, 0.15) is 27.0 Å². The average molecular weight is 379 g/mol. The Bertz CT molecular complexity index is 771. The lowest BCUT2D eigenvalue weighted by molar-refractivity contribution is -0.143. The van der Waals surface area contributed by atoms with Crippen molar-refractivity contribution in [2.75, 3.05) is 0 Å². The Morgan fingerprint density at radius 3 is 1.76 bits per heavy atom. The van der Waals surface area contributed by atoms with Crippen LogP contribution in [0.5, 0.6) is 0 Å². The molecule has 0 aliphatic rings. The lowest BCUT2D eigenvalue weighted by Crippen LogP contribution is -2.11. The molecule has 2 aromatic carbocycles. The van der Waals surface area contributed by atoms with Crippen molar-refractivity contribution in [3.05, 3.63) is 75.8 Å². The van der Waals surface area contributed by atoms with Crippen LogP contribution in [0.4, 0.5) is 26.3 Å². The molecule has 0 aliphatic heterocycles. The maximum atomic E-state index is 12.8. The number of alkyl halides is 6. The summed E-state index contributed by atoms with van der Waals surface area (Å²) in [6.07, 6.45) is -8.08. The Morgan fingerprint density at radius 1 is 0.840 bits per heavy atom. The van der Waals surface area contributed by atoms with Gasteiger partial charge in [-0.25, -0.2) is 0 Å². The Kier molecular flexibility index (Phi) is 5.27. The smallest absolute Gasteiger partial charge is 0.289 e. The Balaban J connectivity index is 2.37. The largest absolute Gasteiger partial charge is 0.416 e. The quantitative estimate of drug-likeness (QED) is 0.349. The molecule has 8 heteroatoms. The molecule has 0 saturated heterocycles.